The van der Waals surface area contributed by atoms with Gasteiger partial charge in [-0.1, -0.05) is 0 Å². The number of hydrogen-bond donors (Lipinski definition) is 2. The van der Waals surface area contributed by atoms with Crippen molar-refractivity contribution in [3.05, 3.63) is 34.4 Å². The van der Waals surface area contributed by atoms with Gasteiger partial charge in [-0.2, -0.15) is 0 Å². The predicted octanol–water partition coefficient (Wildman–Crippen LogP) is 1.76. The first kappa shape index (κ1) is 14.9. The average Bonchev–Trinajstić information content (AvgIpc) is 2.83. The highest BCUT2D eigenvalue weighted by molar-refractivity contribution is 7.89. The Kier molecular flexibility index (Phi) is 4.69. The molecule has 0 fully saturated rings. The molecule has 0 bridgehead atoms. The van der Waals surface area contributed by atoms with Gasteiger partial charge >= 0.3 is 0 Å². The first-order valence-corrected chi connectivity index (χ1v) is 8.47. The Labute approximate surface area is 122 Å². The van der Waals surface area contributed by atoms with Crippen molar-refractivity contribution in [3.8, 4) is 0 Å². The van der Waals surface area contributed by atoms with Crippen LogP contribution in [0.5, 0.6) is 0 Å². The summed E-state index contributed by atoms with van der Waals surface area (Å²) in [6.45, 7) is 4.71. The minimum atomic E-state index is -3.55. The van der Waals surface area contributed by atoms with Gasteiger partial charge in [-0.25, -0.2) is 23.1 Å². The van der Waals surface area contributed by atoms with E-state index in [1.165, 1.54) is 29.7 Å². The van der Waals surface area contributed by atoms with Crippen molar-refractivity contribution in [1.82, 2.24) is 14.7 Å². The van der Waals surface area contributed by atoms with Crippen molar-refractivity contribution in [2.75, 3.05) is 11.9 Å². The van der Waals surface area contributed by atoms with Gasteiger partial charge in [0.15, 0.2) is 0 Å². The highest BCUT2D eigenvalue weighted by Gasteiger charge is 2.15. The van der Waals surface area contributed by atoms with Crippen LogP contribution in [0, 0.1) is 6.92 Å². The molecule has 2 aromatic rings. The highest BCUT2D eigenvalue weighted by atomic mass is 32.2. The number of aryl methyl sites for hydroxylation is 1. The summed E-state index contributed by atoms with van der Waals surface area (Å²) in [5, 5.41) is 2.99. The van der Waals surface area contributed by atoms with Gasteiger partial charge in [0.05, 0.1) is 16.1 Å². The zero-order valence-corrected chi connectivity index (χ0v) is 12.9. The SMILES string of the molecule is CCNc1cc(S(=O)(=O)NCc2scnc2C)ccn1. The maximum Gasteiger partial charge on any atom is 0.241 e. The van der Waals surface area contributed by atoms with Crippen LogP contribution in [0.1, 0.15) is 17.5 Å². The molecule has 0 radical (unpaired) electrons. The number of aromatic nitrogens is 2. The number of pyridine rings is 1. The molecule has 0 unspecified atom stereocenters. The molecule has 2 heterocycles. The van der Waals surface area contributed by atoms with Crippen LogP contribution in [0.25, 0.3) is 0 Å². The van der Waals surface area contributed by atoms with Crippen LogP contribution in [-0.4, -0.2) is 24.9 Å². The summed E-state index contributed by atoms with van der Waals surface area (Å²) in [6, 6.07) is 2.99. The molecule has 0 atom stereocenters. The van der Waals surface area contributed by atoms with Crippen molar-refractivity contribution in [3.63, 3.8) is 0 Å². The molecule has 0 saturated heterocycles. The van der Waals surface area contributed by atoms with E-state index >= 15 is 0 Å². The Bertz CT molecular complexity index is 682. The van der Waals surface area contributed by atoms with Crippen molar-refractivity contribution >= 4 is 27.2 Å². The summed E-state index contributed by atoms with van der Waals surface area (Å²) < 4.78 is 27.0. The molecular formula is C12H16N4O2S2. The summed E-state index contributed by atoms with van der Waals surface area (Å²) in [7, 11) is -3.55. The second kappa shape index (κ2) is 6.29. The fourth-order valence-corrected chi connectivity index (χ4v) is 3.41. The monoisotopic (exact) mass is 312 g/mol. The second-order valence-electron chi connectivity index (χ2n) is 4.09. The third-order valence-corrected chi connectivity index (χ3v) is 5.00. The summed E-state index contributed by atoms with van der Waals surface area (Å²) in [5.74, 6) is 0.546. The number of anilines is 1. The van der Waals surface area contributed by atoms with E-state index in [-0.39, 0.29) is 11.4 Å². The highest BCUT2D eigenvalue weighted by Crippen LogP contribution is 2.15. The van der Waals surface area contributed by atoms with Gasteiger partial charge in [-0.15, -0.1) is 11.3 Å². The predicted molar refractivity (Wildman–Crippen MR) is 79.3 cm³/mol. The molecule has 108 valence electrons. The van der Waals surface area contributed by atoms with Crippen molar-refractivity contribution in [2.24, 2.45) is 0 Å². The molecule has 0 spiro atoms. The Morgan fingerprint density at radius 3 is 2.80 bits per heavy atom. The Morgan fingerprint density at radius 2 is 2.15 bits per heavy atom. The maximum atomic E-state index is 12.2. The van der Waals surface area contributed by atoms with Gasteiger partial charge in [0.25, 0.3) is 0 Å². The molecule has 6 nitrogen and oxygen atoms in total. The number of nitrogens with one attached hydrogen (secondary N) is 2. The summed E-state index contributed by atoms with van der Waals surface area (Å²) in [6.07, 6.45) is 1.48. The molecule has 2 aromatic heterocycles. The zero-order chi connectivity index (χ0) is 14.6. The largest absolute Gasteiger partial charge is 0.370 e. The van der Waals surface area contributed by atoms with Gasteiger partial charge in [0, 0.05) is 30.2 Å². The third kappa shape index (κ3) is 3.53. The summed E-state index contributed by atoms with van der Waals surface area (Å²) >= 11 is 1.43. The summed E-state index contributed by atoms with van der Waals surface area (Å²) in [5.41, 5.74) is 2.55. The first-order valence-electron chi connectivity index (χ1n) is 6.11. The molecule has 0 aliphatic rings. The van der Waals surface area contributed by atoms with E-state index in [4.69, 9.17) is 0 Å². The molecule has 2 rings (SSSR count). The van der Waals surface area contributed by atoms with E-state index in [2.05, 4.69) is 20.0 Å². The van der Waals surface area contributed by atoms with Crippen molar-refractivity contribution < 1.29 is 8.42 Å². The first-order chi connectivity index (χ1) is 9.53. The fourth-order valence-electron chi connectivity index (χ4n) is 1.60. The maximum absolute atomic E-state index is 12.2. The lowest BCUT2D eigenvalue weighted by Gasteiger charge is -2.08. The van der Waals surface area contributed by atoms with E-state index in [0.29, 0.717) is 12.4 Å². The minimum Gasteiger partial charge on any atom is -0.370 e. The average molecular weight is 312 g/mol. The summed E-state index contributed by atoms with van der Waals surface area (Å²) in [4.78, 5) is 9.26. The van der Waals surface area contributed by atoms with Crippen LogP contribution in [0.15, 0.2) is 28.7 Å². The molecular weight excluding hydrogens is 296 g/mol. The van der Waals surface area contributed by atoms with Crippen LogP contribution >= 0.6 is 11.3 Å². The molecule has 8 heteroatoms. The molecule has 0 amide bonds. The number of thiazole rings is 1. The number of sulfonamides is 1. The van der Waals surface area contributed by atoms with Crippen LogP contribution in [0.4, 0.5) is 5.82 Å². The van der Waals surface area contributed by atoms with Gasteiger partial charge < -0.3 is 5.32 Å². The Hall–Kier alpha value is -1.51. The normalized spacial score (nSPS) is 11.5. The van der Waals surface area contributed by atoms with E-state index in [9.17, 15) is 8.42 Å². The Balaban J connectivity index is 2.14. The molecule has 2 N–H and O–H groups in total. The molecule has 20 heavy (non-hydrogen) atoms. The molecule has 0 aliphatic carbocycles. The van der Waals surface area contributed by atoms with Gasteiger partial charge in [0.2, 0.25) is 10.0 Å². The lowest BCUT2D eigenvalue weighted by Crippen LogP contribution is -2.23. The lowest BCUT2D eigenvalue weighted by molar-refractivity contribution is 0.581. The topological polar surface area (TPSA) is 84.0 Å². The lowest BCUT2D eigenvalue weighted by atomic mass is 10.4. The van der Waals surface area contributed by atoms with Crippen LogP contribution in [0.3, 0.4) is 0 Å². The number of rotatable bonds is 6. The van der Waals surface area contributed by atoms with Crippen molar-refractivity contribution in [1.29, 1.82) is 0 Å². The molecule has 0 aliphatic heterocycles. The fraction of sp³-hybridized carbons (Fsp3) is 0.333. The van der Waals surface area contributed by atoms with E-state index < -0.39 is 10.0 Å². The van der Waals surface area contributed by atoms with Gasteiger partial charge in [-0.05, 0) is 19.9 Å². The van der Waals surface area contributed by atoms with E-state index in [1.807, 2.05) is 13.8 Å². The molecule has 0 saturated carbocycles. The van der Waals surface area contributed by atoms with Crippen LogP contribution in [0.2, 0.25) is 0 Å². The van der Waals surface area contributed by atoms with Crippen LogP contribution in [-0.2, 0) is 16.6 Å². The van der Waals surface area contributed by atoms with E-state index in [1.54, 1.807) is 5.51 Å². The van der Waals surface area contributed by atoms with Gasteiger partial charge in [-0.3, -0.25) is 0 Å². The minimum absolute atomic E-state index is 0.200. The number of nitrogens with zero attached hydrogens (tertiary/aromatic N) is 2. The molecule has 0 aromatic carbocycles. The smallest absolute Gasteiger partial charge is 0.241 e. The standard InChI is InChI=1S/C12H16N4O2S2/c1-3-13-12-6-10(4-5-14-12)20(17,18)16-7-11-9(2)15-8-19-11/h4-6,8,16H,3,7H2,1-2H3,(H,13,14). The van der Waals surface area contributed by atoms with Gasteiger partial charge in [0.1, 0.15) is 5.82 Å². The number of hydrogen-bond acceptors (Lipinski definition) is 6. The second-order valence-corrected chi connectivity index (χ2v) is 6.80. The Morgan fingerprint density at radius 1 is 1.35 bits per heavy atom. The van der Waals surface area contributed by atoms with Crippen LogP contribution < -0.4 is 10.0 Å². The quantitative estimate of drug-likeness (QED) is 0.849. The third-order valence-electron chi connectivity index (χ3n) is 2.67. The zero-order valence-electron chi connectivity index (χ0n) is 11.3. The van der Waals surface area contributed by atoms with E-state index in [0.717, 1.165) is 10.6 Å². The van der Waals surface area contributed by atoms with Crippen molar-refractivity contribution in [2.45, 2.75) is 25.3 Å².